The molecule has 0 radical (unpaired) electrons. The predicted molar refractivity (Wildman–Crippen MR) is 56.4 cm³/mol. The topological polar surface area (TPSA) is 35.5 Å². The first-order chi connectivity index (χ1) is 7.23. The van der Waals surface area contributed by atoms with Crippen molar-refractivity contribution in [1.29, 1.82) is 0 Å². The summed E-state index contributed by atoms with van der Waals surface area (Å²) in [6, 6.07) is 0. The van der Waals surface area contributed by atoms with Crippen LogP contribution in [0.5, 0.6) is 0 Å². The molecule has 0 spiro atoms. The van der Waals surface area contributed by atoms with Gasteiger partial charge in [0.1, 0.15) is 0 Å². The average molecular weight is 210 g/mol. The highest BCUT2D eigenvalue weighted by Gasteiger charge is 2.51. The Morgan fingerprint density at radius 2 is 2.27 bits per heavy atom. The van der Waals surface area contributed by atoms with Gasteiger partial charge in [0.2, 0.25) is 0 Å². The summed E-state index contributed by atoms with van der Waals surface area (Å²) in [5, 5.41) is 0. The second-order valence-electron chi connectivity index (χ2n) is 4.19. The second kappa shape index (κ2) is 3.97. The molecule has 0 saturated carbocycles. The number of esters is 1. The summed E-state index contributed by atoms with van der Waals surface area (Å²) in [6.45, 7) is 4.24. The van der Waals surface area contributed by atoms with Crippen molar-refractivity contribution < 1.29 is 14.3 Å². The SMILES string of the molecule is CCOC(=O)C1(CC)OC2C=CC1CC2. The van der Waals surface area contributed by atoms with Gasteiger partial charge in [-0.1, -0.05) is 19.1 Å². The first kappa shape index (κ1) is 10.7. The standard InChI is InChI=1S/C12H18O3/c1-3-12(11(13)14-4-2)9-5-7-10(15-12)8-6-9/h5,7,9-10H,3-4,6,8H2,1-2H3. The molecule has 3 unspecified atom stereocenters. The highest BCUT2D eigenvalue weighted by Crippen LogP contribution is 2.42. The Hall–Kier alpha value is -0.830. The Labute approximate surface area is 90.4 Å². The minimum atomic E-state index is -0.701. The predicted octanol–water partition coefficient (Wildman–Crippen LogP) is 2.06. The van der Waals surface area contributed by atoms with E-state index >= 15 is 0 Å². The molecule has 0 aromatic heterocycles. The molecule has 3 nitrogen and oxygen atoms in total. The van der Waals surface area contributed by atoms with Crippen LogP contribution in [-0.2, 0) is 14.3 Å². The van der Waals surface area contributed by atoms with E-state index in [1.54, 1.807) is 0 Å². The first-order valence-corrected chi connectivity index (χ1v) is 5.76. The van der Waals surface area contributed by atoms with Gasteiger partial charge in [-0.3, -0.25) is 0 Å². The molecule has 2 aliphatic heterocycles. The molecular weight excluding hydrogens is 192 g/mol. The molecular formula is C12H18O3. The maximum absolute atomic E-state index is 12.0. The summed E-state index contributed by atoms with van der Waals surface area (Å²) in [6.07, 6.45) is 7.06. The largest absolute Gasteiger partial charge is 0.464 e. The van der Waals surface area contributed by atoms with Crippen molar-refractivity contribution in [1.82, 2.24) is 0 Å². The van der Waals surface area contributed by atoms with E-state index in [1.807, 2.05) is 13.8 Å². The van der Waals surface area contributed by atoms with Gasteiger partial charge in [0, 0.05) is 5.92 Å². The molecule has 0 aromatic carbocycles. The Morgan fingerprint density at radius 3 is 2.67 bits per heavy atom. The van der Waals surface area contributed by atoms with E-state index in [9.17, 15) is 4.79 Å². The van der Waals surface area contributed by atoms with Crippen LogP contribution in [0, 0.1) is 5.92 Å². The molecule has 2 bridgehead atoms. The van der Waals surface area contributed by atoms with Gasteiger partial charge < -0.3 is 9.47 Å². The Kier molecular flexibility index (Phi) is 2.83. The van der Waals surface area contributed by atoms with Crippen molar-refractivity contribution in [2.24, 2.45) is 5.92 Å². The number of ether oxygens (including phenoxy) is 2. The molecule has 3 heteroatoms. The van der Waals surface area contributed by atoms with Gasteiger partial charge in [0.25, 0.3) is 0 Å². The monoisotopic (exact) mass is 210 g/mol. The van der Waals surface area contributed by atoms with Crippen LogP contribution in [-0.4, -0.2) is 24.3 Å². The number of hydrogen-bond acceptors (Lipinski definition) is 3. The quantitative estimate of drug-likeness (QED) is 0.528. The molecule has 0 aromatic rings. The molecule has 2 heterocycles. The van der Waals surface area contributed by atoms with Crippen LogP contribution in [0.2, 0.25) is 0 Å². The lowest BCUT2D eigenvalue weighted by molar-refractivity contribution is -0.197. The van der Waals surface area contributed by atoms with Crippen molar-refractivity contribution in [2.75, 3.05) is 6.61 Å². The normalized spacial score (nSPS) is 38.0. The maximum atomic E-state index is 12.0. The highest BCUT2D eigenvalue weighted by atomic mass is 16.6. The van der Waals surface area contributed by atoms with Crippen LogP contribution in [0.25, 0.3) is 0 Å². The fourth-order valence-corrected chi connectivity index (χ4v) is 2.58. The summed E-state index contributed by atoms with van der Waals surface area (Å²) < 4.78 is 11.0. The van der Waals surface area contributed by atoms with Crippen molar-refractivity contribution in [3.63, 3.8) is 0 Å². The lowest BCUT2D eigenvalue weighted by Gasteiger charge is -2.46. The van der Waals surface area contributed by atoms with Gasteiger partial charge in [-0.15, -0.1) is 0 Å². The van der Waals surface area contributed by atoms with Crippen molar-refractivity contribution in [3.05, 3.63) is 12.2 Å². The van der Waals surface area contributed by atoms with E-state index in [-0.39, 0.29) is 18.0 Å². The molecule has 15 heavy (non-hydrogen) atoms. The molecule has 3 rings (SSSR count). The third kappa shape index (κ3) is 1.59. The van der Waals surface area contributed by atoms with Crippen LogP contribution in [0.3, 0.4) is 0 Å². The summed E-state index contributed by atoms with van der Waals surface area (Å²) in [7, 11) is 0. The lowest BCUT2D eigenvalue weighted by atomic mass is 9.75. The minimum Gasteiger partial charge on any atom is -0.464 e. The molecule has 3 aliphatic rings. The van der Waals surface area contributed by atoms with Gasteiger partial charge in [-0.2, -0.15) is 0 Å². The second-order valence-corrected chi connectivity index (χ2v) is 4.19. The minimum absolute atomic E-state index is 0.111. The molecule has 1 saturated heterocycles. The molecule has 0 N–H and O–H groups in total. The number of rotatable bonds is 3. The summed E-state index contributed by atoms with van der Waals surface area (Å²) in [4.78, 5) is 12.0. The van der Waals surface area contributed by atoms with E-state index < -0.39 is 5.60 Å². The average Bonchev–Trinajstić information content (AvgIpc) is 2.30. The van der Waals surface area contributed by atoms with Crippen molar-refractivity contribution in [3.8, 4) is 0 Å². The fraction of sp³-hybridized carbons (Fsp3) is 0.750. The number of carbonyl (C=O) groups is 1. The van der Waals surface area contributed by atoms with Gasteiger partial charge in [-0.25, -0.2) is 4.79 Å². The lowest BCUT2D eigenvalue weighted by Crippen LogP contribution is -2.55. The van der Waals surface area contributed by atoms with Gasteiger partial charge in [-0.05, 0) is 26.2 Å². The Balaban J connectivity index is 2.22. The van der Waals surface area contributed by atoms with Crippen molar-refractivity contribution >= 4 is 5.97 Å². The van der Waals surface area contributed by atoms with Crippen molar-refractivity contribution in [2.45, 2.75) is 44.8 Å². The Bertz CT molecular complexity index is 285. The zero-order valence-electron chi connectivity index (χ0n) is 9.36. The van der Waals surface area contributed by atoms with Crippen LogP contribution >= 0.6 is 0 Å². The number of fused-ring (bicyclic) bond motifs is 2. The van der Waals surface area contributed by atoms with E-state index in [4.69, 9.17) is 9.47 Å². The molecule has 84 valence electrons. The third-order valence-electron chi connectivity index (χ3n) is 3.43. The molecule has 0 amide bonds. The van der Waals surface area contributed by atoms with Gasteiger partial charge >= 0.3 is 5.97 Å². The third-order valence-corrected chi connectivity index (χ3v) is 3.43. The van der Waals surface area contributed by atoms with Crippen LogP contribution in [0.4, 0.5) is 0 Å². The summed E-state index contributed by atoms with van der Waals surface area (Å²) >= 11 is 0. The van der Waals surface area contributed by atoms with E-state index in [1.165, 1.54) is 0 Å². The smallest absolute Gasteiger partial charge is 0.339 e. The van der Waals surface area contributed by atoms with Crippen LogP contribution < -0.4 is 0 Å². The van der Waals surface area contributed by atoms with Gasteiger partial charge in [0.05, 0.1) is 12.7 Å². The molecule has 1 fully saturated rings. The summed E-state index contributed by atoms with van der Waals surface area (Å²) in [5.41, 5.74) is -0.701. The number of carbonyl (C=O) groups excluding carboxylic acids is 1. The maximum Gasteiger partial charge on any atom is 0.339 e. The van der Waals surface area contributed by atoms with Crippen LogP contribution in [0.1, 0.15) is 33.1 Å². The number of hydrogen-bond donors (Lipinski definition) is 0. The van der Waals surface area contributed by atoms with Gasteiger partial charge in [0.15, 0.2) is 5.60 Å². The summed E-state index contributed by atoms with van der Waals surface area (Å²) in [5.74, 6) is 0.0121. The molecule has 3 atom stereocenters. The zero-order valence-corrected chi connectivity index (χ0v) is 9.36. The van der Waals surface area contributed by atoms with E-state index in [0.29, 0.717) is 13.0 Å². The van der Waals surface area contributed by atoms with Crippen LogP contribution in [0.15, 0.2) is 12.2 Å². The zero-order chi connectivity index (χ0) is 10.9. The Morgan fingerprint density at radius 1 is 1.47 bits per heavy atom. The fourth-order valence-electron chi connectivity index (χ4n) is 2.58. The first-order valence-electron chi connectivity index (χ1n) is 5.76. The highest BCUT2D eigenvalue weighted by molar-refractivity contribution is 5.81. The molecule has 1 aliphatic carbocycles. The van der Waals surface area contributed by atoms with E-state index in [0.717, 1.165) is 12.8 Å². The van der Waals surface area contributed by atoms with E-state index in [2.05, 4.69) is 12.2 Å².